The molecular weight excluding hydrogens is 769 g/mol. The fraction of sp³-hybridized carbons (Fsp3) is 0.659. The molecular formula is C41H64N6O8S2. The van der Waals surface area contributed by atoms with Crippen LogP contribution in [-0.4, -0.2) is 109 Å². The summed E-state index contributed by atoms with van der Waals surface area (Å²) in [5.74, 6) is -3.31. The van der Waals surface area contributed by atoms with Crippen molar-refractivity contribution in [3.63, 3.8) is 0 Å². The van der Waals surface area contributed by atoms with Crippen molar-refractivity contribution in [1.29, 1.82) is 0 Å². The molecule has 4 atom stereocenters. The van der Waals surface area contributed by atoms with E-state index >= 15 is 0 Å². The van der Waals surface area contributed by atoms with Crippen LogP contribution >= 0.6 is 11.8 Å². The SMILES string of the molecule is CN[C@H](C(=O)NC(C(=O)N(C)[C@H](/C=C(\C)C(=O)NS(=O)(=O)CCSC1CC(=O)N(CC2CCC(C(N)=O)CC2)C1=O)C(C)C)C(C)(C)C)C(C)(C)c1ccccc1. The van der Waals surface area contributed by atoms with Crippen LogP contribution in [0.15, 0.2) is 42.0 Å². The summed E-state index contributed by atoms with van der Waals surface area (Å²) in [6, 6.07) is 7.42. The summed E-state index contributed by atoms with van der Waals surface area (Å²) in [4.78, 5) is 81.2. The number of imide groups is 1. The van der Waals surface area contributed by atoms with Gasteiger partial charge in [0.15, 0.2) is 0 Å². The molecule has 1 aromatic carbocycles. The molecule has 16 heteroatoms. The van der Waals surface area contributed by atoms with E-state index in [0.29, 0.717) is 25.7 Å². The van der Waals surface area contributed by atoms with Gasteiger partial charge in [-0.05, 0) is 62.5 Å². The molecule has 0 spiro atoms. The van der Waals surface area contributed by atoms with Crippen molar-refractivity contribution < 1.29 is 37.2 Å². The van der Waals surface area contributed by atoms with Crippen LogP contribution in [-0.2, 0) is 44.2 Å². The highest BCUT2D eigenvalue weighted by atomic mass is 32.2. The molecule has 0 radical (unpaired) electrons. The summed E-state index contributed by atoms with van der Waals surface area (Å²) in [5.41, 5.74) is 5.14. The number of rotatable bonds is 18. The molecule has 5 N–H and O–H groups in total. The summed E-state index contributed by atoms with van der Waals surface area (Å²) in [6.45, 7) is 15.0. The van der Waals surface area contributed by atoms with Gasteiger partial charge in [-0.1, -0.05) is 84.9 Å². The Kier molecular flexibility index (Phi) is 16.5. The summed E-state index contributed by atoms with van der Waals surface area (Å²) in [7, 11) is -0.818. The molecule has 1 saturated carbocycles. The average molecular weight is 833 g/mol. The number of likely N-dealkylation sites (tertiary alicyclic amines) is 1. The molecule has 1 aromatic rings. The maximum atomic E-state index is 14.2. The third-order valence-corrected chi connectivity index (χ3v) is 14.0. The molecule has 0 bridgehead atoms. The number of amides is 6. The Morgan fingerprint density at radius 2 is 1.60 bits per heavy atom. The molecule has 1 aliphatic carbocycles. The van der Waals surface area contributed by atoms with Gasteiger partial charge in [0.2, 0.25) is 39.6 Å². The Hall–Kier alpha value is -3.76. The van der Waals surface area contributed by atoms with Gasteiger partial charge in [-0.15, -0.1) is 11.8 Å². The van der Waals surface area contributed by atoms with Gasteiger partial charge in [0, 0.05) is 42.7 Å². The number of sulfonamides is 1. The molecule has 318 valence electrons. The van der Waals surface area contributed by atoms with Crippen LogP contribution < -0.4 is 21.1 Å². The highest BCUT2D eigenvalue weighted by molar-refractivity contribution is 8.01. The molecule has 2 aliphatic rings. The number of hydrogen-bond donors (Lipinski definition) is 4. The van der Waals surface area contributed by atoms with E-state index in [4.69, 9.17) is 5.73 Å². The van der Waals surface area contributed by atoms with E-state index in [1.54, 1.807) is 20.2 Å². The van der Waals surface area contributed by atoms with Crippen molar-refractivity contribution in [2.75, 3.05) is 32.1 Å². The molecule has 1 heterocycles. The van der Waals surface area contributed by atoms with E-state index in [-0.39, 0.29) is 71.6 Å². The second-order valence-electron chi connectivity index (χ2n) is 17.4. The van der Waals surface area contributed by atoms with Gasteiger partial charge in [0.1, 0.15) is 6.04 Å². The lowest BCUT2D eigenvalue weighted by molar-refractivity contribution is -0.141. The highest BCUT2D eigenvalue weighted by Crippen LogP contribution is 2.33. The lowest BCUT2D eigenvalue weighted by Crippen LogP contribution is -2.61. The number of nitrogens with zero attached hydrogens (tertiary/aromatic N) is 2. The number of likely N-dealkylation sites (N-methyl/N-ethyl adjacent to an activating group) is 2. The van der Waals surface area contributed by atoms with Crippen LogP contribution in [0.5, 0.6) is 0 Å². The first kappa shape index (κ1) is 47.6. The standard InChI is InChI=1S/C41H64N6O8S2/c1-25(2)30(46(10)39(53)34(40(4,5)6)44-37(51)33(43-9)41(7,8)29-14-12-11-13-15-29)22-26(3)36(50)45-57(54,55)21-20-56-31-23-32(48)47(38(31)52)24-27-16-18-28(19-17-27)35(42)49/h11-15,22,25,27-28,30-31,33-34,43H,16-21,23-24H2,1-10H3,(H2,42,49)(H,44,51)(H,45,50)/b26-22+/t27?,28?,30-,31?,33-,34?/m1/s1. The number of benzene rings is 1. The topological polar surface area (TPSA) is 205 Å². The molecule has 57 heavy (non-hydrogen) atoms. The Balaban J connectivity index is 1.62. The molecule has 2 unspecified atom stereocenters. The van der Waals surface area contributed by atoms with Crippen LogP contribution in [0.3, 0.4) is 0 Å². The normalized spacial score (nSPS) is 21.2. The highest BCUT2D eigenvalue weighted by Gasteiger charge is 2.43. The Morgan fingerprint density at radius 1 is 1.00 bits per heavy atom. The largest absolute Gasteiger partial charge is 0.369 e. The molecule has 0 aromatic heterocycles. The Bertz CT molecular complexity index is 1770. The van der Waals surface area contributed by atoms with Gasteiger partial charge >= 0.3 is 0 Å². The number of carbonyl (C=O) groups is 6. The van der Waals surface area contributed by atoms with Gasteiger partial charge in [0.05, 0.1) is 23.1 Å². The van der Waals surface area contributed by atoms with E-state index < -0.39 is 55.9 Å². The van der Waals surface area contributed by atoms with E-state index in [0.717, 1.165) is 17.3 Å². The van der Waals surface area contributed by atoms with Gasteiger partial charge in [0.25, 0.3) is 5.91 Å². The number of nitrogens with two attached hydrogens (primary N) is 1. The zero-order valence-electron chi connectivity index (χ0n) is 35.2. The zero-order valence-corrected chi connectivity index (χ0v) is 36.8. The lowest BCUT2D eigenvalue weighted by Gasteiger charge is -2.40. The van der Waals surface area contributed by atoms with Gasteiger partial charge in [-0.25, -0.2) is 13.1 Å². The molecule has 2 fully saturated rings. The van der Waals surface area contributed by atoms with Crippen LogP contribution in [0.4, 0.5) is 0 Å². The van der Waals surface area contributed by atoms with Crippen LogP contribution in [0.1, 0.15) is 93.1 Å². The van der Waals surface area contributed by atoms with E-state index in [1.807, 2.05) is 78.8 Å². The van der Waals surface area contributed by atoms with E-state index in [1.165, 1.54) is 16.7 Å². The van der Waals surface area contributed by atoms with Gasteiger partial charge < -0.3 is 21.3 Å². The maximum Gasteiger partial charge on any atom is 0.260 e. The fourth-order valence-electron chi connectivity index (χ4n) is 7.60. The Morgan fingerprint density at radius 3 is 2.12 bits per heavy atom. The average Bonchev–Trinajstić information content (AvgIpc) is 3.39. The van der Waals surface area contributed by atoms with Gasteiger partial charge in [-0.3, -0.25) is 33.7 Å². The predicted molar refractivity (Wildman–Crippen MR) is 223 cm³/mol. The monoisotopic (exact) mass is 832 g/mol. The first-order chi connectivity index (χ1) is 26.4. The van der Waals surface area contributed by atoms with Crippen LogP contribution in [0.2, 0.25) is 0 Å². The smallest absolute Gasteiger partial charge is 0.260 e. The van der Waals surface area contributed by atoms with Crippen molar-refractivity contribution in [1.82, 2.24) is 25.2 Å². The van der Waals surface area contributed by atoms with Crippen molar-refractivity contribution >= 4 is 57.2 Å². The van der Waals surface area contributed by atoms with Crippen LogP contribution in [0.25, 0.3) is 0 Å². The van der Waals surface area contributed by atoms with E-state index in [2.05, 4.69) is 15.4 Å². The summed E-state index contributed by atoms with van der Waals surface area (Å²) in [5, 5.41) is 5.42. The summed E-state index contributed by atoms with van der Waals surface area (Å²) < 4.78 is 28.1. The molecule has 3 rings (SSSR count). The quantitative estimate of drug-likeness (QED) is 0.126. The molecule has 6 amide bonds. The zero-order chi connectivity index (χ0) is 43.0. The molecule has 1 saturated heterocycles. The fourth-order valence-corrected chi connectivity index (χ4v) is 10.2. The minimum atomic E-state index is -4.12. The van der Waals surface area contributed by atoms with Crippen molar-refractivity contribution in [3.05, 3.63) is 47.5 Å². The molecule has 14 nitrogen and oxygen atoms in total. The second kappa shape index (κ2) is 19.8. The third kappa shape index (κ3) is 12.6. The van der Waals surface area contributed by atoms with Crippen molar-refractivity contribution in [3.8, 4) is 0 Å². The minimum Gasteiger partial charge on any atom is -0.369 e. The lowest BCUT2D eigenvalue weighted by atomic mass is 9.76. The van der Waals surface area contributed by atoms with Crippen molar-refractivity contribution in [2.24, 2.45) is 28.9 Å². The first-order valence-electron chi connectivity index (χ1n) is 19.7. The maximum absolute atomic E-state index is 14.2. The predicted octanol–water partition coefficient (Wildman–Crippen LogP) is 3.11. The number of primary amides is 1. The summed E-state index contributed by atoms with van der Waals surface area (Å²) >= 11 is 1.07. The van der Waals surface area contributed by atoms with Gasteiger partial charge in [-0.2, -0.15) is 0 Å². The number of nitrogens with one attached hydrogen (secondary N) is 3. The van der Waals surface area contributed by atoms with Crippen molar-refractivity contribution in [2.45, 2.75) is 116 Å². The Labute approximate surface area is 343 Å². The third-order valence-electron chi connectivity index (χ3n) is 11.3. The summed E-state index contributed by atoms with van der Waals surface area (Å²) in [6.07, 6.45) is 4.17. The molecule has 1 aliphatic heterocycles. The number of carbonyl (C=O) groups excluding carboxylic acids is 6. The number of thioether (sulfide) groups is 1. The second-order valence-corrected chi connectivity index (χ2v) is 20.6. The first-order valence-corrected chi connectivity index (χ1v) is 22.4. The number of hydrogen-bond acceptors (Lipinski definition) is 10. The van der Waals surface area contributed by atoms with Crippen LogP contribution in [0, 0.1) is 23.2 Å². The minimum absolute atomic E-state index is 0.0185. The van der Waals surface area contributed by atoms with E-state index in [9.17, 15) is 37.2 Å².